The summed E-state index contributed by atoms with van der Waals surface area (Å²) in [4.78, 5) is 0. The maximum absolute atomic E-state index is 8.75. The molecule has 4 nitrogen and oxygen atoms in total. The van der Waals surface area contributed by atoms with Gasteiger partial charge in [-0.15, -0.1) is 0 Å². The summed E-state index contributed by atoms with van der Waals surface area (Å²) in [7, 11) is 0. The van der Waals surface area contributed by atoms with Gasteiger partial charge in [-0.3, -0.25) is 0 Å². The molecule has 4 heteroatoms. The molecule has 0 radical (unpaired) electrons. The molecule has 0 saturated heterocycles. The van der Waals surface area contributed by atoms with E-state index >= 15 is 0 Å². The van der Waals surface area contributed by atoms with Gasteiger partial charge in [-0.25, -0.2) is 0 Å². The molecule has 0 aliphatic carbocycles. The standard InChI is InChI=1S/C16H9N3O/c17-8-11(9-18)10-19-13-5-3-7-15-16(13)12-4-1-2-6-14(12)20-15/h1-7,10,19H. The first-order chi connectivity index (χ1) is 9.83. The molecule has 0 amide bonds. The third-order valence-corrected chi connectivity index (χ3v) is 3.02. The van der Waals surface area contributed by atoms with Crippen LogP contribution in [0.1, 0.15) is 0 Å². The van der Waals surface area contributed by atoms with E-state index in [4.69, 9.17) is 14.9 Å². The minimum Gasteiger partial charge on any atom is -0.456 e. The zero-order chi connectivity index (χ0) is 13.9. The zero-order valence-electron chi connectivity index (χ0n) is 10.4. The zero-order valence-corrected chi connectivity index (χ0v) is 10.4. The van der Waals surface area contributed by atoms with Gasteiger partial charge in [-0.05, 0) is 18.2 Å². The lowest BCUT2D eigenvalue weighted by molar-refractivity contribution is 0.669. The van der Waals surface area contributed by atoms with Crippen LogP contribution in [-0.4, -0.2) is 0 Å². The number of allylic oxidation sites excluding steroid dienone is 1. The molecule has 3 aromatic rings. The average Bonchev–Trinajstić information content (AvgIpc) is 2.87. The van der Waals surface area contributed by atoms with Crippen LogP contribution in [0.5, 0.6) is 0 Å². The number of furan rings is 1. The van der Waals surface area contributed by atoms with E-state index in [9.17, 15) is 0 Å². The Hall–Kier alpha value is -3.24. The van der Waals surface area contributed by atoms with Crippen LogP contribution < -0.4 is 5.32 Å². The lowest BCUT2D eigenvalue weighted by Crippen LogP contribution is -1.90. The Kier molecular flexibility index (Phi) is 2.84. The van der Waals surface area contributed by atoms with E-state index in [0.29, 0.717) is 0 Å². The lowest BCUT2D eigenvalue weighted by atomic mass is 10.1. The van der Waals surface area contributed by atoms with Crippen molar-refractivity contribution in [1.82, 2.24) is 0 Å². The molecule has 0 aliphatic heterocycles. The van der Waals surface area contributed by atoms with Gasteiger partial charge < -0.3 is 9.73 Å². The number of benzene rings is 2. The second-order valence-electron chi connectivity index (χ2n) is 4.20. The first kappa shape index (κ1) is 11.8. The normalized spacial score (nSPS) is 9.90. The fourth-order valence-electron chi connectivity index (χ4n) is 2.13. The third kappa shape index (κ3) is 1.86. The van der Waals surface area contributed by atoms with Crippen LogP contribution in [0.15, 0.2) is 58.7 Å². The second-order valence-corrected chi connectivity index (χ2v) is 4.20. The number of rotatable bonds is 2. The van der Waals surface area contributed by atoms with Gasteiger partial charge in [0.25, 0.3) is 0 Å². The van der Waals surface area contributed by atoms with Crippen molar-refractivity contribution in [2.75, 3.05) is 5.32 Å². The van der Waals surface area contributed by atoms with Crippen molar-refractivity contribution in [3.63, 3.8) is 0 Å². The van der Waals surface area contributed by atoms with Crippen LogP contribution >= 0.6 is 0 Å². The highest BCUT2D eigenvalue weighted by Gasteiger charge is 2.09. The van der Waals surface area contributed by atoms with Gasteiger partial charge in [0.2, 0.25) is 0 Å². The Morgan fingerprint density at radius 2 is 1.75 bits per heavy atom. The van der Waals surface area contributed by atoms with E-state index < -0.39 is 0 Å². The molecule has 0 aliphatic rings. The van der Waals surface area contributed by atoms with E-state index in [1.54, 1.807) is 0 Å². The topological polar surface area (TPSA) is 72.8 Å². The average molecular weight is 259 g/mol. The first-order valence-electron chi connectivity index (χ1n) is 6.00. The highest BCUT2D eigenvalue weighted by molar-refractivity contribution is 6.11. The Morgan fingerprint density at radius 3 is 2.55 bits per heavy atom. The smallest absolute Gasteiger partial charge is 0.145 e. The van der Waals surface area contributed by atoms with Crippen molar-refractivity contribution in [1.29, 1.82) is 10.5 Å². The molecule has 0 spiro atoms. The first-order valence-corrected chi connectivity index (χ1v) is 6.00. The molecule has 0 unspecified atom stereocenters. The van der Waals surface area contributed by atoms with Crippen LogP contribution in [0.3, 0.4) is 0 Å². The van der Waals surface area contributed by atoms with Gasteiger partial charge in [0.15, 0.2) is 0 Å². The monoisotopic (exact) mass is 259 g/mol. The molecule has 3 rings (SSSR count). The van der Waals surface area contributed by atoms with Gasteiger partial charge in [0.1, 0.15) is 28.9 Å². The lowest BCUT2D eigenvalue weighted by Gasteiger charge is -2.02. The van der Waals surface area contributed by atoms with Gasteiger partial charge in [-0.2, -0.15) is 10.5 Å². The van der Waals surface area contributed by atoms with Crippen LogP contribution in [0, 0.1) is 22.7 Å². The van der Waals surface area contributed by atoms with Crippen LogP contribution in [-0.2, 0) is 0 Å². The molecule has 20 heavy (non-hydrogen) atoms. The number of nitrogens with zero attached hydrogens (tertiary/aromatic N) is 2. The Morgan fingerprint density at radius 1 is 1.00 bits per heavy atom. The quantitative estimate of drug-likeness (QED) is 0.708. The van der Waals surface area contributed by atoms with Crippen LogP contribution in [0.25, 0.3) is 21.9 Å². The largest absolute Gasteiger partial charge is 0.456 e. The third-order valence-electron chi connectivity index (χ3n) is 3.02. The number of fused-ring (bicyclic) bond motifs is 3. The maximum atomic E-state index is 8.75. The Balaban J connectivity index is 2.19. The fraction of sp³-hybridized carbons (Fsp3) is 0. The van der Waals surface area contributed by atoms with Crippen molar-refractivity contribution in [2.24, 2.45) is 0 Å². The summed E-state index contributed by atoms with van der Waals surface area (Å²) < 4.78 is 5.76. The predicted octanol–water partition coefficient (Wildman–Crippen LogP) is 3.93. The van der Waals surface area contributed by atoms with Gasteiger partial charge in [-0.1, -0.05) is 24.3 Å². The number of hydrogen-bond donors (Lipinski definition) is 1. The van der Waals surface area contributed by atoms with Crippen molar-refractivity contribution in [3.8, 4) is 12.1 Å². The maximum Gasteiger partial charge on any atom is 0.145 e. The molecule has 1 aromatic heterocycles. The number of nitriles is 2. The molecular formula is C16H9N3O. The molecule has 94 valence electrons. The van der Waals surface area contributed by atoms with E-state index in [1.807, 2.05) is 54.6 Å². The number of anilines is 1. The SMILES string of the molecule is N#CC(C#N)=CNc1cccc2oc3ccccc3c12. The van der Waals surface area contributed by atoms with Crippen molar-refractivity contribution in [2.45, 2.75) is 0 Å². The van der Waals surface area contributed by atoms with Crippen LogP contribution in [0.2, 0.25) is 0 Å². The highest BCUT2D eigenvalue weighted by atomic mass is 16.3. The summed E-state index contributed by atoms with van der Waals surface area (Å²) in [6, 6.07) is 17.0. The molecule has 0 atom stereocenters. The highest BCUT2D eigenvalue weighted by Crippen LogP contribution is 2.33. The Bertz CT molecular complexity index is 891. The van der Waals surface area contributed by atoms with Gasteiger partial charge in [0.05, 0.1) is 5.39 Å². The number of para-hydroxylation sites is 1. The summed E-state index contributed by atoms with van der Waals surface area (Å²) in [5.74, 6) is 0. The molecule has 2 aromatic carbocycles. The van der Waals surface area contributed by atoms with Crippen molar-refractivity contribution >= 4 is 27.6 Å². The van der Waals surface area contributed by atoms with E-state index in [2.05, 4.69) is 5.32 Å². The minimum atomic E-state index is 0.0230. The fourth-order valence-corrected chi connectivity index (χ4v) is 2.13. The minimum absolute atomic E-state index is 0.0230. The summed E-state index contributed by atoms with van der Waals surface area (Å²) in [5, 5.41) is 22.4. The molecule has 1 heterocycles. The Labute approximate surface area is 115 Å². The van der Waals surface area contributed by atoms with Crippen molar-refractivity contribution < 1.29 is 4.42 Å². The van der Waals surface area contributed by atoms with E-state index in [0.717, 1.165) is 27.6 Å². The molecule has 0 fully saturated rings. The summed E-state index contributed by atoms with van der Waals surface area (Å²) in [6.07, 6.45) is 1.40. The number of hydrogen-bond acceptors (Lipinski definition) is 4. The van der Waals surface area contributed by atoms with Gasteiger partial charge >= 0.3 is 0 Å². The number of nitrogens with one attached hydrogen (secondary N) is 1. The summed E-state index contributed by atoms with van der Waals surface area (Å²) in [6.45, 7) is 0. The molecular weight excluding hydrogens is 250 g/mol. The van der Waals surface area contributed by atoms with Gasteiger partial charge in [0, 0.05) is 17.3 Å². The van der Waals surface area contributed by atoms with E-state index in [-0.39, 0.29) is 5.57 Å². The van der Waals surface area contributed by atoms with Crippen LogP contribution in [0.4, 0.5) is 5.69 Å². The van der Waals surface area contributed by atoms with Crippen molar-refractivity contribution in [3.05, 3.63) is 54.2 Å². The summed E-state index contributed by atoms with van der Waals surface area (Å²) in [5.41, 5.74) is 2.40. The second kappa shape index (κ2) is 4.79. The summed E-state index contributed by atoms with van der Waals surface area (Å²) >= 11 is 0. The predicted molar refractivity (Wildman–Crippen MR) is 76.7 cm³/mol. The molecule has 0 saturated carbocycles. The van der Waals surface area contributed by atoms with E-state index in [1.165, 1.54) is 6.20 Å². The molecule has 0 bridgehead atoms. The molecule has 1 N–H and O–H groups in total.